The van der Waals surface area contributed by atoms with Gasteiger partial charge in [-0.3, -0.25) is 0 Å². The van der Waals surface area contributed by atoms with Gasteiger partial charge in [0, 0.05) is 12.1 Å². The van der Waals surface area contributed by atoms with Crippen molar-refractivity contribution >= 4 is 0 Å². The van der Waals surface area contributed by atoms with Crippen molar-refractivity contribution in [2.75, 3.05) is 0 Å². The molecule has 134 valence electrons. The third kappa shape index (κ3) is 2.81. The minimum Gasteiger partial charge on any atom is -0.508 e. The summed E-state index contributed by atoms with van der Waals surface area (Å²) in [6.07, 6.45) is 5.70. The van der Waals surface area contributed by atoms with Crippen molar-refractivity contribution in [3.63, 3.8) is 0 Å². The van der Waals surface area contributed by atoms with E-state index in [0.717, 1.165) is 18.4 Å². The van der Waals surface area contributed by atoms with E-state index in [0.29, 0.717) is 17.8 Å². The summed E-state index contributed by atoms with van der Waals surface area (Å²) in [5.41, 5.74) is 7.97. The van der Waals surface area contributed by atoms with E-state index in [1.54, 1.807) is 12.1 Å². The molecule has 0 bridgehead atoms. The molecule has 2 saturated carbocycles. The zero-order chi connectivity index (χ0) is 17.7. The first-order valence-corrected chi connectivity index (χ1v) is 9.42. The van der Waals surface area contributed by atoms with E-state index in [9.17, 15) is 10.2 Å². The summed E-state index contributed by atoms with van der Waals surface area (Å²) in [4.78, 5) is 0. The maximum Gasteiger partial charge on any atom is 0.119 e. The molecule has 4 N–H and O–H groups in total. The van der Waals surface area contributed by atoms with Gasteiger partial charge in [-0.1, -0.05) is 34.1 Å². The van der Waals surface area contributed by atoms with E-state index in [-0.39, 0.29) is 28.4 Å². The first-order chi connectivity index (χ1) is 11.1. The summed E-state index contributed by atoms with van der Waals surface area (Å²) in [5.74, 6) is 2.16. The fourth-order valence-electron chi connectivity index (χ4n) is 6.01. The molecule has 0 aromatic heterocycles. The molecule has 5 atom stereocenters. The van der Waals surface area contributed by atoms with Crippen molar-refractivity contribution < 1.29 is 10.2 Å². The van der Waals surface area contributed by atoms with Gasteiger partial charge in [-0.15, -0.1) is 0 Å². The van der Waals surface area contributed by atoms with E-state index in [4.69, 9.17) is 5.73 Å². The fraction of sp³-hybridized carbons (Fsp3) is 0.714. The average Bonchev–Trinajstić information content (AvgIpc) is 2.46. The minimum absolute atomic E-state index is 0.154. The number of fused-ring (bicyclic) bond motifs is 1. The Morgan fingerprint density at radius 2 is 1.67 bits per heavy atom. The van der Waals surface area contributed by atoms with Crippen molar-refractivity contribution in [1.82, 2.24) is 0 Å². The van der Waals surface area contributed by atoms with Gasteiger partial charge >= 0.3 is 0 Å². The summed E-state index contributed by atoms with van der Waals surface area (Å²) in [5, 5.41) is 19.7. The summed E-state index contributed by atoms with van der Waals surface area (Å²) < 4.78 is 0. The highest BCUT2D eigenvalue weighted by Crippen LogP contribution is 2.61. The van der Waals surface area contributed by atoms with E-state index in [1.165, 1.54) is 25.3 Å². The summed E-state index contributed by atoms with van der Waals surface area (Å²) in [6, 6.07) is 5.30. The highest BCUT2D eigenvalue weighted by molar-refractivity contribution is 5.37. The van der Waals surface area contributed by atoms with Crippen LogP contribution in [0.3, 0.4) is 0 Å². The van der Waals surface area contributed by atoms with Crippen LogP contribution in [0.1, 0.15) is 58.9 Å². The van der Waals surface area contributed by atoms with Gasteiger partial charge in [-0.05, 0) is 72.0 Å². The van der Waals surface area contributed by atoms with Crippen molar-refractivity contribution in [3.8, 4) is 11.5 Å². The Balaban J connectivity index is 1.93. The molecule has 0 saturated heterocycles. The van der Waals surface area contributed by atoms with Crippen molar-refractivity contribution in [2.45, 2.75) is 65.8 Å². The zero-order valence-corrected chi connectivity index (χ0v) is 15.5. The van der Waals surface area contributed by atoms with Crippen LogP contribution in [0.15, 0.2) is 18.2 Å². The first kappa shape index (κ1) is 17.6. The lowest BCUT2D eigenvalue weighted by Gasteiger charge is -2.61. The monoisotopic (exact) mass is 331 g/mol. The third-order valence-corrected chi connectivity index (χ3v) is 7.51. The molecular formula is C21H33NO2. The summed E-state index contributed by atoms with van der Waals surface area (Å²) in [7, 11) is 0. The average molecular weight is 332 g/mol. The molecule has 2 aliphatic rings. The molecule has 3 nitrogen and oxygen atoms in total. The second-order valence-electron chi connectivity index (χ2n) is 9.25. The predicted octanol–water partition coefficient (Wildman–Crippen LogP) is 4.46. The van der Waals surface area contributed by atoms with Gasteiger partial charge in [0.2, 0.25) is 0 Å². The van der Waals surface area contributed by atoms with Gasteiger partial charge in [0.1, 0.15) is 11.5 Å². The normalized spacial score (nSPS) is 38.5. The summed E-state index contributed by atoms with van der Waals surface area (Å²) in [6.45, 7) is 9.55. The molecule has 2 fully saturated rings. The van der Waals surface area contributed by atoms with Crippen molar-refractivity contribution in [1.29, 1.82) is 0 Å². The predicted molar refractivity (Wildman–Crippen MR) is 98.0 cm³/mol. The zero-order valence-electron chi connectivity index (χ0n) is 15.5. The van der Waals surface area contributed by atoms with Gasteiger partial charge in [-0.2, -0.15) is 0 Å². The Morgan fingerprint density at radius 3 is 2.29 bits per heavy atom. The van der Waals surface area contributed by atoms with Crippen molar-refractivity contribution in [2.24, 2.45) is 34.3 Å². The number of hydrogen-bond donors (Lipinski definition) is 3. The molecule has 2 aliphatic carbocycles. The number of phenolic OH excluding ortho intramolecular Hbond substituents is 2. The van der Waals surface area contributed by atoms with E-state index in [1.807, 2.05) is 0 Å². The quantitative estimate of drug-likeness (QED) is 0.750. The minimum atomic E-state index is 0.154. The molecular weight excluding hydrogens is 298 g/mol. The Bertz CT molecular complexity index is 592. The van der Waals surface area contributed by atoms with E-state index < -0.39 is 0 Å². The standard InChI is InChI=1S/C21H33NO2/c1-13-5-6-18-20(2,3)19(22)7-8-21(18,4)17(13)11-14-9-15(23)12-16(24)10-14/h9-10,12-13,17-19,23-24H,5-8,11,22H2,1-4H3. The van der Waals surface area contributed by atoms with Crippen LogP contribution in [-0.2, 0) is 6.42 Å². The molecule has 1 aromatic rings. The van der Waals surface area contributed by atoms with Gasteiger partial charge in [0.25, 0.3) is 0 Å². The Labute approximate surface area is 146 Å². The molecule has 0 radical (unpaired) electrons. The largest absolute Gasteiger partial charge is 0.508 e. The molecule has 24 heavy (non-hydrogen) atoms. The lowest BCUT2D eigenvalue weighted by Crippen LogP contribution is -2.58. The maximum absolute atomic E-state index is 9.83. The Hall–Kier alpha value is -1.22. The van der Waals surface area contributed by atoms with Crippen LogP contribution in [0.2, 0.25) is 0 Å². The molecule has 3 rings (SSSR count). The van der Waals surface area contributed by atoms with Crippen LogP contribution < -0.4 is 5.73 Å². The number of nitrogens with two attached hydrogens (primary N) is 1. The van der Waals surface area contributed by atoms with Crippen LogP contribution in [0.4, 0.5) is 0 Å². The molecule has 3 heteroatoms. The van der Waals surface area contributed by atoms with Gasteiger partial charge in [-0.25, -0.2) is 0 Å². The van der Waals surface area contributed by atoms with Gasteiger partial charge in [0.15, 0.2) is 0 Å². The third-order valence-electron chi connectivity index (χ3n) is 7.51. The van der Waals surface area contributed by atoms with Crippen LogP contribution in [-0.4, -0.2) is 16.3 Å². The van der Waals surface area contributed by atoms with Crippen molar-refractivity contribution in [3.05, 3.63) is 23.8 Å². The molecule has 0 aliphatic heterocycles. The Morgan fingerprint density at radius 1 is 1.04 bits per heavy atom. The number of phenols is 2. The molecule has 0 heterocycles. The van der Waals surface area contributed by atoms with Gasteiger partial charge in [0.05, 0.1) is 0 Å². The highest BCUT2D eigenvalue weighted by atomic mass is 16.3. The first-order valence-electron chi connectivity index (χ1n) is 9.42. The number of rotatable bonds is 2. The SMILES string of the molecule is CC1CCC2C(C)(C)C(N)CCC2(C)C1Cc1cc(O)cc(O)c1. The number of hydrogen-bond acceptors (Lipinski definition) is 3. The molecule has 1 aromatic carbocycles. The van der Waals surface area contributed by atoms with Crippen LogP contribution in [0.5, 0.6) is 11.5 Å². The smallest absolute Gasteiger partial charge is 0.119 e. The number of benzene rings is 1. The number of aromatic hydroxyl groups is 2. The Kier molecular flexibility index (Phi) is 4.36. The lowest BCUT2D eigenvalue weighted by molar-refractivity contribution is -0.102. The molecule has 5 unspecified atom stereocenters. The maximum atomic E-state index is 9.83. The van der Waals surface area contributed by atoms with E-state index >= 15 is 0 Å². The molecule has 0 spiro atoms. The van der Waals surface area contributed by atoms with Crippen LogP contribution in [0, 0.1) is 28.6 Å². The highest BCUT2D eigenvalue weighted by Gasteiger charge is 2.55. The summed E-state index contributed by atoms with van der Waals surface area (Å²) >= 11 is 0. The lowest BCUT2D eigenvalue weighted by atomic mass is 9.45. The van der Waals surface area contributed by atoms with Crippen LogP contribution in [0.25, 0.3) is 0 Å². The second-order valence-corrected chi connectivity index (χ2v) is 9.25. The molecule has 0 amide bonds. The fourth-order valence-corrected chi connectivity index (χ4v) is 6.01. The van der Waals surface area contributed by atoms with Crippen LogP contribution >= 0.6 is 0 Å². The van der Waals surface area contributed by atoms with E-state index in [2.05, 4.69) is 27.7 Å². The second kappa shape index (κ2) is 5.94. The van der Waals surface area contributed by atoms with Gasteiger partial charge < -0.3 is 15.9 Å². The topological polar surface area (TPSA) is 66.5 Å².